The number of carbonyl (C=O) groups excluding carboxylic acids is 2. The van der Waals surface area contributed by atoms with Crippen LogP contribution in [0.4, 0.5) is 0 Å². The summed E-state index contributed by atoms with van der Waals surface area (Å²) in [5, 5.41) is 2.82. The molecule has 0 saturated heterocycles. The lowest BCUT2D eigenvalue weighted by Gasteiger charge is -2.24. The molecule has 1 aromatic rings. The van der Waals surface area contributed by atoms with Gasteiger partial charge in [-0.3, -0.25) is 4.79 Å². The van der Waals surface area contributed by atoms with Gasteiger partial charge in [0.25, 0.3) is 5.91 Å². The summed E-state index contributed by atoms with van der Waals surface area (Å²) >= 11 is 0. The van der Waals surface area contributed by atoms with Crippen LogP contribution in [0, 0.1) is 5.92 Å². The topological polar surface area (TPSA) is 46.2 Å². The first-order valence-electron chi connectivity index (χ1n) is 7.11. The van der Waals surface area contributed by atoms with Crippen molar-refractivity contribution in [1.82, 2.24) is 5.32 Å². The zero-order valence-electron chi connectivity index (χ0n) is 11.2. The van der Waals surface area contributed by atoms with Crippen LogP contribution in [0.2, 0.25) is 0 Å². The maximum absolute atomic E-state index is 12.0. The van der Waals surface area contributed by atoms with Crippen molar-refractivity contribution >= 4 is 12.2 Å². The Morgan fingerprint density at radius 2 is 1.89 bits per heavy atom. The largest absolute Gasteiger partial charge is 0.343 e. The number of nitrogens with one attached hydrogen (secondary N) is 1. The van der Waals surface area contributed by atoms with Crippen LogP contribution in [0.15, 0.2) is 30.3 Å². The fourth-order valence-corrected chi connectivity index (χ4v) is 2.77. The van der Waals surface area contributed by atoms with Crippen LogP contribution in [-0.4, -0.2) is 18.2 Å². The molecular formula is C16H21NO2. The highest BCUT2D eigenvalue weighted by Gasteiger charge is 2.20. The quantitative estimate of drug-likeness (QED) is 0.826. The molecular weight excluding hydrogens is 238 g/mol. The monoisotopic (exact) mass is 259 g/mol. The lowest BCUT2D eigenvalue weighted by atomic mass is 9.85. The number of carbonyl (C=O) groups is 2. The Hall–Kier alpha value is -1.64. The Morgan fingerprint density at radius 3 is 2.53 bits per heavy atom. The molecule has 0 bridgehead atoms. The molecule has 1 fully saturated rings. The van der Waals surface area contributed by atoms with E-state index in [9.17, 15) is 9.59 Å². The van der Waals surface area contributed by atoms with E-state index in [0.717, 1.165) is 12.7 Å². The summed E-state index contributed by atoms with van der Waals surface area (Å²) in [5.41, 5.74) is 0.609. The average molecular weight is 259 g/mol. The van der Waals surface area contributed by atoms with Gasteiger partial charge in [0.05, 0.1) is 6.04 Å². The van der Waals surface area contributed by atoms with Gasteiger partial charge >= 0.3 is 0 Å². The van der Waals surface area contributed by atoms with Crippen molar-refractivity contribution in [3.05, 3.63) is 35.9 Å². The molecule has 1 atom stereocenters. The summed E-state index contributed by atoms with van der Waals surface area (Å²) in [6.45, 7) is 0. The molecule has 1 aliphatic rings. The highest BCUT2D eigenvalue weighted by Crippen LogP contribution is 2.27. The minimum absolute atomic E-state index is 0.159. The highest BCUT2D eigenvalue weighted by molar-refractivity contribution is 5.95. The van der Waals surface area contributed by atoms with E-state index < -0.39 is 0 Å². The van der Waals surface area contributed by atoms with Gasteiger partial charge in [-0.1, -0.05) is 50.3 Å². The normalized spacial score (nSPS) is 17.7. The van der Waals surface area contributed by atoms with Crippen molar-refractivity contribution in [3.63, 3.8) is 0 Å². The number of aldehydes is 1. The van der Waals surface area contributed by atoms with E-state index in [2.05, 4.69) is 5.32 Å². The molecule has 1 aromatic carbocycles. The van der Waals surface area contributed by atoms with Crippen molar-refractivity contribution in [3.8, 4) is 0 Å². The van der Waals surface area contributed by atoms with Crippen LogP contribution < -0.4 is 5.32 Å². The van der Waals surface area contributed by atoms with E-state index in [1.807, 2.05) is 18.2 Å². The van der Waals surface area contributed by atoms with Gasteiger partial charge in [-0.25, -0.2) is 0 Å². The molecule has 102 valence electrons. The van der Waals surface area contributed by atoms with Crippen LogP contribution in [0.1, 0.15) is 48.9 Å². The molecule has 1 unspecified atom stereocenters. The lowest BCUT2D eigenvalue weighted by Crippen LogP contribution is -2.37. The van der Waals surface area contributed by atoms with Gasteiger partial charge in [0, 0.05) is 5.56 Å². The van der Waals surface area contributed by atoms with Crippen molar-refractivity contribution in [2.24, 2.45) is 5.92 Å². The molecule has 2 rings (SSSR count). The van der Waals surface area contributed by atoms with Crippen LogP contribution in [0.5, 0.6) is 0 Å². The van der Waals surface area contributed by atoms with E-state index in [1.165, 1.54) is 32.1 Å². The second-order valence-corrected chi connectivity index (χ2v) is 5.32. The number of hydrogen-bond donors (Lipinski definition) is 1. The molecule has 0 spiro atoms. The zero-order chi connectivity index (χ0) is 13.5. The minimum Gasteiger partial charge on any atom is -0.343 e. The second-order valence-electron chi connectivity index (χ2n) is 5.32. The molecule has 3 heteroatoms. The predicted octanol–water partition coefficient (Wildman–Crippen LogP) is 2.95. The third-order valence-electron chi connectivity index (χ3n) is 3.83. The van der Waals surface area contributed by atoms with Gasteiger partial charge in [0.2, 0.25) is 0 Å². The Kier molecular flexibility index (Phi) is 5.13. The first-order chi connectivity index (χ1) is 9.29. The van der Waals surface area contributed by atoms with Gasteiger partial charge < -0.3 is 10.1 Å². The van der Waals surface area contributed by atoms with Crippen LogP contribution in [0.25, 0.3) is 0 Å². The van der Waals surface area contributed by atoms with Crippen molar-refractivity contribution in [2.75, 3.05) is 0 Å². The van der Waals surface area contributed by atoms with Gasteiger partial charge in [0.15, 0.2) is 0 Å². The smallest absolute Gasteiger partial charge is 0.251 e. The molecule has 0 aliphatic heterocycles. The molecule has 1 saturated carbocycles. The minimum atomic E-state index is -0.351. The Morgan fingerprint density at radius 1 is 1.21 bits per heavy atom. The Labute approximate surface area is 114 Å². The van der Waals surface area contributed by atoms with E-state index >= 15 is 0 Å². The molecule has 0 radical (unpaired) electrons. The Bertz CT molecular complexity index is 410. The third kappa shape index (κ3) is 4.19. The van der Waals surface area contributed by atoms with Gasteiger partial charge in [-0.05, 0) is 24.5 Å². The van der Waals surface area contributed by atoms with Crippen molar-refractivity contribution in [1.29, 1.82) is 0 Å². The van der Waals surface area contributed by atoms with Crippen LogP contribution >= 0.6 is 0 Å². The zero-order valence-corrected chi connectivity index (χ0v) is 11.2. The first-order valence-corrected chi connectivity index (χ1v) is 7.11. The maximum Gasteiger partial charge on any atom is 0.251 e. The molecule has 19 heavy (non-hydrogen) atoms. The highest BCUT2D eigenvalue weighted by atomic mass is 16.2. The molecule has 0 aromatic heterocycles. The van der Waals surface area contributed by atoms with Crippen LogP contribution in [0.3, 0.4) is 0 Å². The fraction of sp³-hybridized carbons (Fsp3) is 0.500. The van der Waals surface area contributed by atoms with E-state index in [1.54, 1.807) is 12.1 Å². The third-order valence-corrected chi connectivity index (χ3v) is 3.83. The molecule has 1 amide bonds. The van der Waals surface area contributed by atoms with Gasteiger partial charge in [-0.2, -0.15) is 0 Å². The van der Waals surface area contributed by atoms with E-state index in [-0.39, 0.29) is 11.9 Å². The number of benzene rings is 1. The first kappa shape index (κ1) is 13.8. The Balaban J connectivity index is 1.88. The summed E-state index contributed by atoms with van der Waals surface area (Å²) in [7, 11) is 0. The van der Waals surface area contributed by atoms with E-state index in [0.29, 0.717) is 11.5 Å². The van der Waals surface area contributed by atoms with Gasteiger partial charge in [-0.15, -0.1) is 0 Å². The summed E-state index contributed by atoms with van der Waals surface area (Å²) in [6, 6.07) is 8.69. The summed E-state index contributed by atoms with van der Waals surface area (Å²) in [5.74, 6) is 0.425. The number of hydrogen-bond acceptors (Lipinski definition) is 2. The fourth-order valence-electron chi connectivity index (χ4n) is 2.77. The average Bonchev–Trinajstić information content (AvgIpc) is 2.48. The second kappa shape index (κ2) is 7.07. The summed E-state index contributed by atoms with van der Waals surface area (Å²) < 4.78 is 0. The van der Waals surface area contributed by atoms with Crippen molar-refractivity contribution in [2.45, 2.75) is 44.6 Å². The molecule has 0 heterocycles. The molecule has 3 nitrogen and oxygen atoms in total. The van der Waals surface area contributed by atoms with Crippen LogP contribution in [-0.2, 0) is 4.79 Å². The maximum atomic E-state index is 12.0. The number of rotatable bonds is 5. The molecule has 1 aliphatic carbocycles. The van der Waals surface area contributed by atoms with Crippen molar-refractivity contribution < 1.29 is 9.59 Å². The predicted molar refractivity (Wildman–Crippen MR) is 75.0 cm³/mol. The summed E-state index contributed by atoms with van der Waals surface area (Å²) in [6.07, 6.45) is 7.83. The van der Waals surface area contributed by atoms with Gasteiger partial charge in [0.1, 0.15) is 6.29 Å². The summed E-state index contributed by atoms with van der Waals surface area (Å²) in [4.78, 5) is 23.1. The van der Waals surface area contributed by atoms with E-state index in [4.69, 9.17) is 0 Å². The number of amides is 1. The molecule has 1 N–H and O–H groups in total. The SMILES string of the molecule is O=CC(CC1CCCCC1)NC(=O)c1ccccc1. The standard InChI is InChI=1S/C16H21NO2/c18-12-15(11-13-7-3-1-4-8-13)17-16(19)14-9-5-2-6-10-14/h2,5-6,9-10,12-13,15H,1,3-4,7-8,11H2,(H,17,19). The lowest BCUT2D eigenvalue weighted by molar-refractivity contribution is -0.109.